The average molecular weight is 402 g/mol. The first-order valence-corrected chi connectivity index (χ1v) is 9.78. The predicted octanol–water partition coefficient (Wildman–Crippen LogP) is 3.95. The lowest BCUT2D eigenvalue weighted by molar-refractivity contribution is 0.500. The number of hydrogen-bond donors (Lipinski definition) is 0. The van der Waals surface area contributed by atoms with Gasteiger partial charge < -0.3 is 4.42 Å². The highest BCUT2D eigenvalue weighted by Crippen LogP contribution is 2.38. The summed E-state index contributed by atoms with van der Waals surface area (Å²) in [6.07, 6.45) is 0. The number of hydrogen-bond acceptors (Lipinski definition) is 5. The first-order valence-electron chi connectivity index (χ1n) is 9.78. The highest BCUT2D eigenvalue weighted by molar-refractivity contribution is 6.33. The van der Waals surface area contributed by atoms with Gasteiger partial charge in [-0.2, -0.15) is 0 Å². The van der Waals surface area contributed by atoms with Gasteiger partial charge in [-0.05, 0) is 45.8 Å². The Morgan fingerprint density at radius 2 is 0.903 bits per heavy atom. The highest BCUT2D eigenvalue weighted by Gasteiger charge is 2.20. The smallest absolute Gasteiger partial charge is 0.346 e. The molecule has 0 spiro atoms. The van der Waals surface area contributed by atoms with Crippen molar-refractivity contribution in [1.82, 2.24) is 0 Å². The average Bonchev–Trinajstić information content (AvgIpc) is 3.07. The van der Waals surface area contributed by atoms with Crippen molar-refractivity contribution in [3.63, 3.8) is 0 Å². The summed E-state index contributed by atoms with van der Waals surface area (Å²) < 4.78 is 4.72. The topological polar surface area (TPSA) is 81.4 Å². The fourth-order valence-corrected chi connectivity index (χ4v) is 5.07. The van der Waals surface area contributed by atoms with Crippen LogP contribution in [0.5, 0.6) is 0 Å². The Hall–Kier alpha value is -4.38. The fourth-order valence-electron chi connectivity index (χ4n) is 5.07. The van der Waals surface area contributed by atoms with Crippen molar-refractivity contribution < 1.29 is 4.42 Å². The standard InChI is InChI=1S/C26H10O5/c27-23-14-4-2-1-3-11(14)12-5-7-16-22-13(6-8-15(23)21(12)22)17-9-19-20(10-18(17)24(16)28)26(30)31-25(19)29/h1-10H. The third-order valence-electron chi connectivity index (χ3n) is 6.43. The molecule has 7 rings (SSSR count). The van der Waals surface area contributed by atoms with Gasteiger partial charge in [-0.15, -0.1) is 0 Å². The second-order valence-electron chi connectivity index (χ2n) is 7.90. The van der Waals surface area contributed by atoms with Crippen LogP contribution in [0.4, 0.5) is 0 Å². The lowest BCUT2D eigenvalue weighted by atomic mass is 9.88. The zero-order chi connectivity index (χ0) is 21.0. The van der Waals surface area contributed by atoms with Crippen LogP contribution >= 0.6 is 0 Å². The van der Waals surface area contributed by atoms with Crippen molar-refractivity contribution in [2.24, 2.45) is 0 Å². The summed E-state index contributed by atoms with van der Waals surface area (Å²) in [5, 5.41) is 6.80. The van der Waals surface area contributed by atoms with Crippen LogP contribution in [0.2, 0.25) is 0 Å². The van der Waals surface area contributed by atoms with Crippen LogP contribution in [0.3, 0.4) is 0 Å². The van der Waals surface area contributed by atoms with E-state index in [0.29, 0.717) is 32.3 Å². The van der Waals surface area contributed by atoms with Crippen LogP contribution in [0, 0.1) is 0 Å². The zero-order valence-electron chi connectivity index (χ0n) is 15.8. The van der Waals surface area contributed by atoms with Gasteiger partial charge in [0, 0.05) is 32.3 Å². The van der Waals surface area contributed by atoms with Gasteiger partial charge in [-0.25, -0.2) is 9.59 Å². The first kappa shape index (κ1) is 16.4. The Labute approximate surface area is 171 Å². The summed E-state index contributed by atoms with van der Waals surface area (Å²) in [7, 11) is 0. The maximum absolute atomic E-state index is 13.4. The number of furan rings is 1. The van der Waals surface area contributed by atoms with Crippen molar-refractivity contribution in [1.29, 1.82) is 0 Å². The van der Waals surface area contributed by atoms with Crippen LogP contribution in [-0.2, 0) is 0 Å². The predicted molar refractivity (Wildman–Crippen MR) is 122 cm³/mol. The molecule has 5 nitrogen and oxygen atoms in total. The normalized spacial score (nSPS) is 12.4. The third-order valence-corrected chi connectivity index (χ3v) is 6.43. The van der Waals surface area contributed by atoms with E-state index in [1.54, 1.807) is 18.2 Å². The Bertz CT molecular complexity index is 2120. The minimum Gasteiger partial charge on any atom is -0.386 e. The summed E-state index contributed by atoms with van der Waals surface area (Å²) in [6, 6.07) is 17.7. The van der Waals surface area contributed by atoms with Gasteiger partial charge in [0.25, 0.3) is 0 Å². The van der Waals surface area contributed by atoms with Crippen molar-refractivity contribution >= 4 is 64.6 Å². The second-order valence-corrected chi connectivity index (χ2v) is 7.90. The molecule has 0 radical (unpaired) electrons. The maximum Gasteiger partial charge on any atom is 0.346 e. The molecule has 0 saturated carbocycles. The van der Waals surface area contributed by atoms with E-state index in [-0.39, 0.29) is 21.6 Å². The minimum atomic E-state index is -0.742. The van der Waals surface area contributed by atoms with E-state index in [2.05, 4.69) is 0 Å². The lowest BCUT2D eigenvalue weighted by Gasteiger charge is -2.14. The molecule has 7 aromatic rings. The Morgan fingerprint density at radius 3 is 1.55 bits per heavy atom. The summed E-state index contributed by atoms with van der Waals surface area (Å²) in [6.45, 7) is 0. The van der Waals surface area contributed by atoms with Crippen molar-refractivity contribution in [2.75, 3.05) is 0 Å². The Morgan fingerprint density at radius 1 is 0.419 bits per heavy atom. The van der Waals surface area contributed by atoms with Crippen LogP contribution in [0.25, 0.3) is 64.6 Å². The number of fused-ring (bicyclic) bond motifs is 5. The molecule has 0 aliphatic carbocycles. The SMILES string of the molecule is O=c1oc(=O)c2cc3c(cc12)c(=O)c1ccc2c4ccccc4c(=O)c4ccc3c1c42. The number of rotatable bonds is 0. The molecule has 0 aliphatic heterocycles. The molecule has 31 heavy (non-hydrogen) atoms. The van der Waals surface area contributed by atoms with Crippen LogP contribution in [0.1, 0.15) is 0 Å². The molecular weight excluding hydrogens is 392 g/mol. The summed E-state index contributed by atoms with van der Waals surface area (Å²) in [5.41, 5.74) is -1.78. The van der Waals surface area contributed by atoms with E-state index >= 15 is 0 Å². The summed E-state index contributed by atoms with van der Waals surface area (Å²) >= 11 is 0. The van der Waals surface area contributed by atoms with Crippen LogP contribution < -0.4 is 22.1 Å². The second kappa shape index (κ2) is 5.21. The molecule has 0 amide bonds. The molecule has 1 heterocycles. The van der Waals surface area contributed by atoms with Gasteiger partial charge in [-0.1, -0.05) is 36.4 Å². The maximum atomic E-state index is 13.4. The lowest BCUT2D eigenvalue weighted by Crippen LogP contribution is -2.07. The molecule has 0 aliphatic rings. The van der Waals surface area contributed by atoms with Gasteiger partial charge in [0.2, 0.25) is 0 Å². The molecule has 0 bridgehead atoms. The molecule has 0 atom stereocenters. The van der Waals surface area contributed by atoms with E-state index < -0.39 is 11.3 Å². The first-order chi connectivity index (χ1) is 15.0. The number of benzene rings is 6. The Balaban J connectivity index is 1.87. The van der Waals surface area contributed by atoms with E-state index in [1.165, 1.54) is 6.07 Å². The van der Waals surface area contributed by atoms with Gasteiger partial charge in [0.15, 0.2) is 10.9 Å². The molecule has 5 heteroatoms. The van der Waals surface area contributed by atoms with Crippen molar-refractivity contribution in [3.05, 3.63) is 102 Å². The van der Waals surface area contributed by atoms with E-state index in [9.17, 15) is 19.2 Å². The van der Waals surface area contributed by atoms with E-state index in [4.69, 9.17) is 4.42 Å². The Kier molecular flexibility index (Phi) is 2.76. The fraction of sp³-hybridized carbons (Fsp3) is 0. The van der Waals surface area contributed by atoms with Crippen molar-refractivity contribution in [2.45, 2.75) is 0 Å². The zero-order valence-corrected chi connectivity index (χ0v) is 15.8. The molecule has 1 aromatic heterocycles. The van der Waals surface area contributed by atoms with Gasteiger partial charge in [0.05, 0.1) is 10.8 Å². The minimum absolute atomic E-state index is 0.0758. The highest BCUT2D eigenvalue weighted by atomic mass is 16.4. The van der Waals surface area contributed by atoms with Gasteiger partial charge in [-0.3, -0.25) is 9.59 Å². The van der Waals surface area contributed by atoms with E-state index in [1.807, 2.05) is 36.4 Å². The molecule has 0 saturated heterocycles. The molecular formula is C26H10O5. The van der Waals surface area contributed by atoms with E-state index in [0.717, 1.165) is 21.5 Å². The summed E-state index contributed by atoms with van der Waals surface area (Å²) in [4.78, 5) is 50.7. The van der Waals surface area contributed by atoms with Gasteiger partial charge in [0.1, 0.15) is 0 Å². The molecule has 144 valence electrons. The molecule has 0 fully saturated rings. The third kappa shape index (κ3) is 1.82. The largest absolute Gasteiger partial charge is 0.386 e. The van der Waals surface area contributed by atoms with Crippen molar-refractivity contribution in [3.8, 4) is 0 Å². The van der Waals surface area contributed by atoms with Gasteiger partial charge >= 0.3 is 11.3 Å². The molecule has 0 N–H and O–H groups in total. The van der Waals surface area contributed by atoms with Crippen LogP contribution in [0.15, 0.2) is 84.3 Å². The molecule has 6 aromatic carbocycles. The molecule has 0 unspecified atom stereocenters. The monoisotopic (exact) mass is 402 g/mol. The summed E-state index contributed by atoms with van der Waals surface area (Å²) in [5.74, 6) is 0. The van der Waals surface area contributed by atoms with Crippen LogP contribution in [-0.4, -0.2) is 0 Å². The quantitative estimate of drug-likeness (QED) is 0.283.